The number of hydrogen-bond acceptors (Lipinski definition) is 3. The van der Waals surface area contributed by atoms with E-state index in [1.165, 1.54) is 5.56 Å². The molecular weight excluding hydrogens is 298 g/mol. The van der Waals surface area contributed by atoms with Crippen molar-refractivity contribution in [1.82, 2.24) is 9.78 Å². The summed E-state index contributed by atoms with van der Waals surface area (Å²) in [5.41, 5.74) is 4.97. The minimum atomic E-state index is -0.917. The average molecular weight is 317 g/mol. The zero-order chi connectivity index (χ0) is 15.9. The Labute approximate surface area is 132 Å². The Morgan fingerprint density at radius 3 is 2.86 bits per heavy atom. The van der Waals surface area contributed by atoms with Crippen LogP contribution in [0.1, 0.15) is 35.7 Å². The van der Waals surface area contributed by atoms with Crippen LogP contribution in [0.15, 0.2) is 18.2 Å². The fraction of sp³-hybridized carbons (Fsp3) is 0.375. The number of carbonyl (C=O) groups is 1. The van der Waals surface area contributed by atoms with Gasteiger partial charge in [-0.3, -0.25) is 9.00 Å². The van der Waals surface area contributed by atoms with E-state index in [9.17, 15) is 9.00 Å². The van der Waals surface area contributed by atoms with Crippen LogP contribution in [0.2, 0.25) is 0 Å². The fourth-order valence-electron chi connectivity index (χ4n) is 2.62. The van der Waals surface area contributed by atoms with Crippen molar-refractivity contribution >= 4 is 22.5 Å². The second kappa shape index (κ2) is 5.68. The molecule has 1 amide bonds. The van der Waals surface area contributed by atoms with E-state index >= 15 is 0 Å². The summed E-state index contributed by atoms with van der Waals surface area (Å²) < 4.78 is 13.6. The zero-order valence-electron chi connectivity index (χ0n) is 13.0. The molecule has 2 aromatic rings. The number of rotatable bonds is 3. The molecule has 3 rings (SSSR count). The number of aromatic nitrogens is 2. The first-order valence-corrected chi connectivity index (χ1v) is 8.82. The van der Waals surface area contributed by atoms with Gasteiger partial charge in [-0.1, -0.05) is 19.1 Å². The van der Waals surface area contributed by atoms with Crippen LogP contribution in [0.25, 0.3) is 5.69 Å². The number of carbonyl (C=O) groups excluding carboxylic acids is 1. The number of amides is 1. The van der Waals surface area contributed by atoms with Gasteiger partial charge in [0.2, 0.25) is 5.91 Å². The highest BCUT2D eigenvalue weighted by Gasteiger charge is 2.28. The molecule has 116 valence electrons. The summed E-state index contributed by atoms with van der Waals surface area (Å²) in [5, 5.41) is 7.54. The van der Waals surface area contributed by atoms with Crippen molar-refractivity contribution in [1.29, 1.82) is 0 Å². The van der Waals surface area contributed by atoms with Gasteiger partial charge in [0.1, 0.15) is 5.82 Å². The van der Waals surface area contributed by atoms with Gasteiger partial charge in [0, 0.05) is 22.8 Å². The summed E-state index contributed by atoms with van der Waals surface area (Å²) >= 11 is 0. The first kappa shape index (κ1) is 15.0. The molecule has 1 aliphatic heterocycles. The summed E-state index contributed by atoms with van der Waals surface area (Å²) in [4.78, 5) is 11.9. The van der Waals surface area contributed by atoms with Crippen molar-refractivity contribution in [3.63, 3.8) is 0 Å². The van der Waals surface area contributed by atoms with Gasteiger partial charge in [0.05, 0.1) is 22.9 Å². The van der Waals surface area contributed by atoms with E-state index in [1.54, 1.807) is 4.68 Å². The number of nitrogens with one attached hydrogen (secondary N) is 1. The SMILES string of the molecule is CCC(=O)Nc1c2c(nn1-c1cccc(C)c1C)C[S@](=O)C2. The highest BCUT2D eigenvalue weighted by molar-refractivity contribution is 7.83. The molecule has 1 aromatic heterocycles. The number of fused-ring (bicyclic) bond motifs is 1. The Morgan fingerprint density at radius 2 is 2.14 bits per heavy atom. The van der Waals surface area contributed by atoms with E-state index in [2.05, 4.69) is 23.4 Å². The zero-order valence-corrected chi connectivity index (χ0v) is 13.8. The Balaban J connectivity index is 2.16. The largest absolute Gasteiger partial charge is 0.310 e. The van der Waals surface area contributed by atoms with Gasteiger partial charge in [-0.05, 0) is 31.0 Å². The number of hydrogen-bond donors (Lipinski definition) is 1. The van der Waals surface area contributed by atoms with Gasteiger partial charge in [-0.25, -0.2) is 4.68 Å². The minimum absolute atomic E-state index is 0.0630. The first-order valence-electron chi connectivity index (χ1n) is 7.33. The molecule has 1 N–H and O–H groups in total. The third kappa shape index (κ3) is 2.47. The highest BCUT2D eigenvalue weighted by atomic mass is 32.2. The Kier molecular flexibility index (Phi) is 3.87. The number of benzene rings is 1. The van der Waals surface area contributed by atoms with E-state index in [0.717, 1.165) is 22.5 Å². The average Bonchev–Trinajstić information content (AvgIpc) is 2.99. The van der Waals surface area contributed by atoms with Crippen LogP contribution in [0.3, 0.4) is 0 Å². The fourth-order valence-corrected chi connectivity index (χ4v) is 3.88. The second-order valence-electron chi connectivity index (χ2n) is 5.53. The number of nitrogens with zero attached hydrogens (tertiary/aromatic N) is 2. The lowest BCUT2D eigenvalue weighted by atomic mass is 10.1. The van der Waals surface area contributed by atoms with Gasteiger partial charge in [0.15, 0.2) is 0 Å². The molecule has 0 bridgehead atoms. The molecule has 0 aliphatic carbocycles. The summed E-state index contributed by atoms with van der Waals surface area (Å²) in [7, 11) is -0.917. The van der Waals surface area contributed by atoms with E-state index < -0.39 is 10.8 Å². The van der Waals surface area contributed by atoms with Gasteiger partial charge < -0.3 is 5.32 Å². The van der Waals surface area contributed by atoms with Crippen LogP contribution in [-0.4, -0.2) is 19.9 Å². The van der Waals surface area contributed by atoms with Crippen LogP contribution in [0.5, 0.6) is 0 Å². The molecule has 0 saturated heterocycles. The Morgan fingerprint density at radius 1 is 1.36 bits per heavy atom. The lowest BCUT2D eigenvalue weighted by Gasteiger charge is -2.13. The second-order valence-corrected chi connectivity index (χ2v) is 6.99. The molecule has 0 radical (unpaired) electrons. The Hall–Kier alpha value is -1.95. The minimum Gasteiger partial charge on any atom is -0.310 e. The van der Waals surface area contributed by atoms with Gasteiger partial charge in [-0.15, -0.1) is 0 Å². The predicted octanol–water partition coefficient (Wildman–Crippen LogP) is 2.60. The summed E-state index contributed by atoms with van der Waals surface area (Å²) in [6, 6.07) is 6.02. The van der Waals surface area contributed by atoms with Gasteiger partial charge >= 0.3 is 0 Å². The molecule has 22 heavy (non-hydrogen) atoms. The van der Waals surface area contributed by atoms with Crippen molar-refractivity contribution in [2.75, 3.05) is 5.32 Å². The molecule has 1 atom stereocenters. The molecule has 2 heterocycles. The van der Waals surface area contributed by atoms with Crippen molar-refractivity contribution < 1.29 is 9.00 Å². The lowest BCUT2D eigenvalue weighted by molar-refractivity contribution is -0.115. The summed E-state index contributed by atoms with van der Waals surface area (Å²) in [6.45, 7) is 5.91. The van der Waals surface area contributed by atoms with Crippen LogP contribution in [0.4, 0.5) is 5.82 Å². The van der Waals surface area contributed by atoms with Crippen LogP contribution in [0, 0.1) is 13.8 Å². The third-order valence-corrected chi connectivity index (χ3v) is 5.26. The maximum Gasteiger partial charge on any atom is 0.225 e. The van der Waals surface area contributed by atoms with E-state index in [0.29, 0.717) is 23.7 Å². The van der Waals surface area contributed by atoms with Gasteiger partial charge in [-0.2, -0.15) is 5.10 Å². The molecule has 1 aromatic carbocycles. The lowest BCUT2D eigenvalue weighted by Crippen LogP contribution is -2.15. The number of aryl methyl sites for hydroxylation is 1. The molecule has 5 nitrogen and oxygen atoms in total. The van der Waals surface area contributed by atoms with E-state index in [4.69, 9.17) is 0 Å². The summed E-state index contributed by atoms with van der Waals surface area (Å²) in [5.74, 6) is 1.52. The number of anilines is 1. The van der Waals surface area contributed by atoms with Crippen molar-refractivity contribution in [2.24, 2.45) is 0 Å². The molecule has 0 spiro atoms. The third-order valence-electron chi connectivity index (χ3n) is 4.05. The smallest absolute Gasteiger partial charge is 0.225 e. The molecule has 1 aliphatic rings. The van der Waals surface area contributed by atoms with E-state index in [1.807, 2.05) is 26.0 Å². The van der Waals surface area contributed by atoms with Crippen molar-refractivity contribution in [2.45, 2.75) is 38.7 Å². The van der Waals surface area contributed by atoms with Crippen LogP contribution in [-0.2, 0) is 27.1 Å². The topological polar surface area (TPSA) is 64.0 Å². The molecule has 0 fully saturated rings. The molecule has 0 saturated carbocycles. The van der Waals surface area contributed by atoms with Crippen molar-refractivity contribution in [3.8, 4) is 5.69 Å². The molecule has 6 heteroatoms. The highest BCUT2D eigenvalue weighted by Crippen LogP contribution is 2.32. The van der Waals surface area contributed by atoms with E-state index in [-0.39, 0.29) is 5.91 Å². The van der Waals surface area contributed by atoms with Crippen LogP contribution < -0.4 is 5.32 Å². The standard InChI is InChI=1S/C16H19N3O2S/c1-4-15(20)17-16-12-8-22(21)9-13(12)18-19(16)14-7-5-6-10(2)11(14)3/h5-7H,4,8-9H2,1-3H3,(H,17,20)/t22-/m1/s1. The summed E-state index contributed by atoms with van der Waals surface area (Å²) in [6.07, 6.45) is 0.399. The maximum atomic E-state index is 11.9. The normalized spacial score (nSPS) is 16.6. The van der Waals surface area contributed by atoms with Crippen LogP contribution >= 0.6 is 0 Å². The molecule has 0 unspecified atom stereocenters. The van der Waals surface area contributed by atoms with Gasteiger partial charge in [0.25, 0.3) is 0 Å². The Bertz CT molecular complexity index is 780. The monoisotopic (exact) mass is 317 g/mol. The predicted molar refractivity (Wildman–Crippen MR) is 87.5 cm³/mol. The quantitative estimate of drug-likeness (QED) is 0.946. The molecular formula is C16H19N3O2S. The first-order chi connectivity index (χ1) is 10.5. The van der Waals surface area contributed by atoms with Crippen molar-refractivity contribution in [3.05, 3.63) is 40.6 Å². The maximum absolute atomic E-state index is 11.9.